The molecule has 414 valence electrons. The van der Waals surface area contributed by atoms with Gasteiger partial charge in [-0.25, -0.2) is 8.78 Å². The summed E-state index contributed by atoms with van der Waals surface area (Å²) in [6, 6.07) is 5.38. The molecule has 3 aromatic carbocycles. The number of benzene rings is 3. The van der Waals surface area contributed by atoms with Crippen molar-refractivity contribution in [2.45, 2.75) is 108 Å². The molecule has 1 saturated heterocycles. The Kier molecular flexibility index (Phi) is 24.2. The van der Waals surface area contributed by atoms with Crippen LogP contribution in [0.15, 0.2) is 66.9 Å². The lowest BCUT2D eigenvalue weighted by Gasteiger charge is -2.29. The highest BCUT2D eigenvalue weighted by Crippen LogP contribution is 2.25. The molecule has 26 heteroatoms. The van der Waals surface area contributed by atoms with Crippen LogP contribution in [0.4, 0.5) is 14.5 Å². The molecule has 0 saturated carbocycles. The van der Waals surface area contributed by atoms with E-state index in [1.54, 1.807) is 50.4 Å². The number of carbonyl (C=O) groups is 8. The van der Waals surface area contributed by atoms with Crippen LogP contribution >= 0.6 is 21.6 Å². The van der Waals surface area contributed by atoms with Crippen molar-refractivity contribution in [3.05, 3.63) is 95.2 Å². The van der Waals surface area contributed by atoms with Gasteiger partial charge in [0.05, 0.1) is 18.3 Å². The fraction of sp³-hybridized carbons (Fsp3) is 0.440. The minimum atomic E-state index is -1.55. The average Bonchev–Trinajstić information content (AvgIpc) is 3.78. The van der Waals surface area contributed by atoms with Crippen LogP contribution in [-0.4, -0.2) is 135 Å². The maximum Gasteiger partial charge on any atom is 0.244 e. The van der Waals surface area contributed by atoms with Gasteiger partial charge in [0.25, 0.3) is 0 Å². The first-order valence-corrected chi connectivity index (χ1v) is 26.8. The minimum Gasteiger partial charge on any atom is -0.505 e. The summed E-state index contributed by atoms with van der Waals surface area (Å²) in [7, 11) is 1.93. The SMILES string of the molecule is CC(C)C1NC(=O)[C@H](CCCCN)NC(=O)[C@@H](Cc2c[nH]c3ccccc23)NC(=O)[C@H](Cc2ccc(O)c(F)c2)NC(=O)[C@H](NC(=O)CN)CSSC[C@H](C(=O)NC(C(N)=O)C(C)O)NC1=O.Cc1ccc(N)c(F)c1. The molecule has 22 nitrogen and oxygen atoms in total. The van der Waals surface area contributed by atoms with Crippen LogP contribution in [0.1, 0.15) is 56.7 Å². The molecule has 3 unspecified atom stereocenters. The van der Waals surface area contributed by atoms with Crippen molar-refractivity contribution in [1.82, 2.24) is 42.2 Å². The van der Waals surface area contributed by atoms with E-state index in [0.29, 0.717) is 18.4 Å². The number of para-hydroxylation sites is 1. The first kappa shape index (κ1) is 61.5. The van der Waals surface area contributed by atoms with E-state index in [2.05, 4.69) is 42.2 Å². The third-order valence-corrected chi connectivity index (χ3v) is 14.3. The number of phenols is 1. The van der Waals surface area contributed by atoms with Crippen molar-refractivity contribution in [2.24, 2.45) is 23.1 Å². The van der Waals surface area contributed by atoms with Gasteiger partial charge < -0.3 is 75.3 Å². The van der Waals surface area contributed by atoms with Crippen LogP contribution in [0.5, 0.6) is 5.75 Å². The molecule has 0 radical (unpaired) electrons. The number of hydrogen-bond acceptors (Lipinski definition) is 15. The smallest absolute Gasteiger partial charge is 0.244 e. The monoisotopic (exact) mass is 1100 g/mol. The number of nitrogens with two attached hydrogens (primary N) is 4. The molecule has 4 aromatic rings. The van der Waals surface area contributed by atoms with Crippen LogP contribution < -0.4 is 60.2 Å². The Labute approximate surface area is 445 Å². The summed E-state index contributed by atoms with van der Waals surface area (Å²) < 4.78 is 27.1. The number of carbonyl (C=O) groups excluding carboxylic acids is 8. The van der Waals surface area contributed by atoms with Crippen molar-refractivity contribution >= 4 is 85.4 Å². The van der Waals surface area contributed by atoms with Gasteiger partial charge in [0.1, 0.15) is 48.1 Å². The van der Waals surface area contributed by atoms with E-state index >= 15 is 0 Å². The number of fused-ring (bicyclic) bond motifs is 1. The van der Waals surface area contributed by atoms with Crippen molar-refractivity contribution < 1.29 is 57.4 Å². The largest absolute Gasteiger partial charge is 0.505 e. The Morgan fingerprint density at radius 2 is 1.42 bits per heavy atom. The second-order valence-electron chi connectivity index (χ2n) is 18.4. The number of halogens is 2. The molecule has 5 rings (SSSR count). The zero-order valence-corrected chi connectivity index (χ0v) is 44.1. The number of aliphatic hydroxyl groups is 1. The number of rotatable bonds is 15. The lowest BCUT2D eigenvalue weighted by atomic mass is 10.00. The zero-order valence-electron chi connectivity index (χ0n) is 42.5. The number of nitrogen functional groups attached to an aromatic ring is 1. The molecule has 2 heterocycles. The standard InChI is InChI=1S/C43H60FN11O10S2.C7H8FN/c1-21(2)35-43(65)53-32(42(64)55-36(22(3)56)37(47)59)20-67-66-19-31(49-34(58)17-46)41(63)51-29(15-23-11-12-33(57)26(44)14-23)39(61)52-30(16-24-18-48-27-9-5-4-8-25(24)27)40(62)50-28(38(60)54-35)10-6-7-13-45;1-5-2-3-7(9)6(8)4-5/h4-5,8-9,11-12,14,18,21-22,28-32,35-36,48,56-57H,6-7,10,13,15-17,19-20,45-46H2,1-3H3,(H2,47,59)(H,49,58)(H,50,62)(H,51,63)(H,52,61)(H,53,65)(H,54,60)(H,55,64);2-4H,9H2,1H3/t22?,28-,29-,30+,31+,32+,35?,36?;/m0./s1. The van der Waals surface area contributed by atoms with E-state index in [1.165, 1.54) is 19.1 Å². The molecule has 0 bridgehead atoms. The summed E-state index contributed by atoms with van der Waals surface area (Å²) in [4.78, 5) is 113. The van der Waals surface area contributed by atoms with E-state index in [0.717, 1.165) is 50.2 Å². The molecule has 18 N–H and O–H groups in total. The molecule has 1 fully saturated rings. The molecule has 1 aliphatic rings. The summed E-state index contributed by atoms with van der Waals surface area (Å²) in [6.07, 6.45) is 0.584. The highest BCUT2D eigenvalue weighted by Gasteiger charge is 2.36. The number of amides is 8. The Hall–Kier alpha value is -7.00. The molecule has 0 spiro atoms. The van der Waals surface area contributed by atoms with Crippen molar-refractivity contribution in [3.8, 4) is 5.75 Å². The number of unbranched alkanes of at least 4 members (excludes halogenated alkanes) is 1. The maximum atomic E-state index is 14.6. The van der Waals surface area contributed by atoms with E-state index in [9.17, 15) is 57.4 Å². The lowest BCUT2D eigenvalue weighted by molar-refractivity contribution is -0.136. The third kappa shape index (κ3) is 18.7. The molecule has 8 amide bonds. The van der Waals surface area contributed by atoms with Gasteiger partial charge in [-0.05, 0) is 92.6 Å². The van der Waals surface area contributed by atoms with Crippen molar-refractivity contribution in [1.29, 1.82) is 0 Å². The highest BCUT2D eigenvalue weighted by molar-refractivity contribution is 8.76. The number of H-pyrrole nitrogens is 1. The number of aromatic amines is 1. The summed E-state index contributed by atoms with van der Waals surface area (Å²) in [5.41, 5.74) is 24.6. The molecule has 8 atom stereocenters. The number of primary amides is 1. The second kappa shape index (κ2) is 29.9. The fourth-order valence-electron chi connectivity index (χ4n) is 7.65. The van der Waals surface area contributed by atoms with Gasteiger partial charge in [0.2, 0.25) is 47.3 Å². The van der Waals surface area contributed by atoms with Gasteiger partial charge in [-0.2, -0.15) is 0 Å². The van der Waals surface area contributed by atoms with Crippen LogP contribution in [0.2, 0.25) is 0 Å². The number of hydrogen-bond donors (Lipinski definition) is 14. The van der Waals surface area contributed by atoms with Gasteiger partial charge in [0.15, 0.2) is 11.6 Å². The van der Waals surface area contributed by atoms with Crippen molar-refractivity contribution in [3.63, 3.8) is 0 Å². The topological polar surface area (TPSA) is 381 Å². The van der Waals surface area contributed by atoms with Crippen LogP contribution in [-0.2, 0) is 51.2 Å². The molecular weight excluding hydrogens is 1030 g/mol. The number of aromatic hydroxyl groups is 1. The summed E-state index contributed by atoms with van der Waals surface area (Å²) in [6.45, 7) is 6.06. The summed E-state index contributed by atoms with van der Waals surface area (Å²) in [5, 5.41) is 39.0. The fourth-order valence-corrected chi connectivity index (χ4v) is 9.98. The number of nitrogens with one attached hydrogen (secondary N) is 8. The van der Waals surface area contributed by atoms with Crippen LogP contribution in [0, 0.1) is 24.5 Å². The Morgan fingerprint density at radius 3 is 2.04 bits per heavy atom. The number of aromatic nitrogens is 1. The number of aryl methyl sites for hydroxylation is 1. The lowest BCUT2D eigenvalue weighted by Crippen LogP contribution is -2.62. The highest BCUT2D eigenvalue weighted by atomic mass is 33.1. The molecular formula is C50H68F2N12O10S2. The molecule has 0 aliphatic carbocycles. The average molecular weight is 1100 g/mol. The first-order chi connectivity index (χ1) is 36.0. The Morgan fingerprint density at radius 1 is 0.776 bits per heavy atom. The Bertz CT molecular complexity index is 2680. The Balaban J connectivity index is 0.00000125. The number of aliphatic hydroxyl groups excluding tert-OH is 1. The van der Waals surface area contributed by atoms with E-state index in [-0.39, 0.29) is 54.4 Å². The predicted molar refractivity (Wildman–Crippen MR) is 285 cm³/mol. The number of phenolic OH excluding ortho intramolecular Hbond substituents is 1. The minimum absolute atomic E-state index is 0.0444. The van der Waals surface area contributed by atoms with Gasteiger partial charge in [-0.15, -0.1) is 0 Å². The first-order valence-electron chi connectivity index (χ1n) is 24.3. The normalized spacial score (nSPS) is 21.1. The van der Waals surface area contributed by atoms with Crippen LogP contribution in [0.3, 0.4) is 0 Å². The molecule has 1 aliphatic heterocycles. The zero-order chi connectivity index (χ0) is 56.2. The van der Waals surface area contributed by atoms with E-state index < -0.39 is 120 Å². The van der Waals surface area contributed by atoms with E-state index in [1.807, 2.05) is 13.0 Å². The van der Waals surface area contributed by atoms with Gasteiger partial charge in [-0.1, -0.05) is 65.8 Å². The summed E-state index contributed by atoms with van der Waals surface area (Å²) in [5.74, 6) is -10.0. The maximum absolute atomic E-state index is 14.6. The van der Waals surface area contributed by atoms with Crippen LogP contribution in [0.25, 0.3) is 10.9 Å². The second-order valence-corrected chi connectivity index (χ2v) is 20.9. The van der Waals surface area contributed by atoms with Crippen molar-refractivity contribution in [2.75, 3.05) is 30.3 Å². The predicted octanol–water partition coefficient (Wildman–Crippen LogP) is -0.0875. The number of anilines is 1. The third-order valence-electron chi connectivity index (χ3n) is 11.9. The van der Waals surface area contributed by atoms with Gasteiger partial charge in [-0.3, -0.25) is 38.4 Å². The molecule has 76 heavy (non-hydrogen) atoms. The quantitative estimate of drug-likeness (QED) is 0.0420. The van der Waals surface area contributed by atoms with Gasteiger partial charge >= 0.3 is 0 Å². The van der Waals surface area contributed by atoms with E-state index in [4.69, 9.17) is 22.9 Å². The summed E-state index contributed by atoms with van der Waals surface area (Å²) >= 11 is 0. The molecule has 1 aromatic heterocycles. The van der Waals surface area contributed by atoms with Gasteiger partial charge in [0, 0.05) is 41.4 Å².